The highest BCUT2D eigenvalue weighted by molar-refractivity contribution is 6.27. The van der Waals surface area contributed by atoms with Crippen LogP contribution in [0.4, 0.5) is 13.2 Å². The summed E-state index contributed by atoms with van der Waals surface area (Å²) in [5.74, 6) is 0. The molecule has 33 heavy (non-hydrogen) atoms. The Morgan fingerprint density at radius 2 is 1.73 bits per heavy atom. The molecular weight excluding hydrogens is 423 g/mol. The fraction of sp³-hybridized carbons (Fsp3) is 0.333. The van der Waals surface area contributed by atoms with Gasteiger partial charge in [0.1, 0.15) is 5.71 Å². The summed E-state index contributed by atoms with van der Waals surface area (Å²) in [6.07, 6.45) is 0.986. The number of alkyl halides is 3. The molecule has 1 atom stereocenters. The van der Waals surface area contributed by atoms with E-state index in [9.17, 15) is 13.2 Å². The van der Waals surface area contributed by atoms with Gasteiger partial charge in [0.05, 0.1) is 11.6 Å². The molecule has 0 radical (unpaired) electrons. The summed E-state index contributed by atoms with van der Waals surface area (Å²) in [6, 6.07) is 15.3. The van der Waals surface area contributed by atoms with Gasteiger partial charge >= 0.3 is 6.18 Å². The van der Waals surface area contributed by atoms with Crippen molar-refractivity contribution in [2.75, 3.05) is 20.6 Å². The van der Waals surface area contributed by atoms with Crippen molar-refractivity contribution in [2.45, 2.75) is 38.4 Å². The van der Waals surface area contributed by atoms with Crippen LogP contribution in [0.1, 0.15) is 30.9 Å². The smallest absolute Gasteiger partial charge is 0.309 e. The first-order valence-corrected chi connectivity index (χ1v) is 11.2. The van der Waals surface area contributed by atoms with Gasteiger partial charge < -0.3 is 4.90 Å². The Bertz CT molecular complexity index is 1190. The molecule has 1 aliphatic heterocycles. The first kappa shape index (κ1) is 23.2. The maximum Gasteiger partial charge on any atom is 0.433 e. The lowest BCUT2D eigenvalue weighted by Crippen LogP contribution is -2.28. The highest BCUT2D eigenvalue weighted by Gasteiger charge is 2.40. The summed E-state index contributed by atoms with van der Waals surface area (Å²) in [5, 5.41) is 0.830. The molecule has 0 saturated carbocycles. The van der Waals surface area contributed by atoms with Gasteiger partial charge in [-0.3, -0.25) is 9.98 Å². The number of dihydropyridines is 1. The second-order valence-corrected chi connectivity index (χ2v) is 8.73. The lowest BCUT2D eigenvalue weighted by atomic mass is 9.92. The number of allylic oxidation sites excluding steroid dienone is 1. The van der Waals surface area contributed by atoms with E-state index in [0.717, 1.165) is 35.0 Å². The van der Waals surface area contributed by atoms with E-state index in [-0.39, 0.29) is 11.6 Å². The number of pyridine rings is 1. The van der Waals surface area contributed by atoms with Crippen LogP contribution in [0.2, 0.25) is 0 Å². The number of hydrogen-bond donors (Lipinski definition) is 0. The number of fused-ring (bicyclic) bond motifs is 1. The van der Waals surface area contributed by atoms with Gasteiger partial charge in [0.2, 0.25) is 0 Å². The van der Waals surface area contributed by atoms with Crippen LogP contribution in [0.25, 0.3) is 27.6 Å². The third-order valence-electron chi connectivity index (χ3n) is 6.07. The van der Waals surface area contributed by atoms with Crippen LogP contribution in [-0.4, -0.2) is 48.5 Å². The average Bonchev–Trinajstić information content (AvgIpc) is 2.81. The number of aromatic nitrogens is 1. The maximum atomic E-state index is 13.8. The van der Waals surface area contributed by atoms with Gasteiger partial charge in [0, 0.05) is 23.7 Å². The lowest BCUT2D eigenvalue weighted by molar-refractivity contribution is -0.0576. The van der Waals surface area contributed by atoms with E-state index in [2.05, 4.69) is 39.1 Å². The highest BCUT2D eigenvalue weighted by Crippen LogP contribution is 2.36. The third kappa shape index (κ3) is 5.17. The Morgan fingerprint density at radius 1 is 1.00 bits per heavy atom. The monoisotopic (exact) mass is 451 g/mol. The molecule has 0 amide bonds. The van der Waals surface area contributed by atoms with Gasteiger partial charge in [-0.2, -0.15) is 13.2 Å². The second-order valence-electron chi connectivity index (χ2n) is 8.73. The molecule has 1 aromatic heterocycles. The minimum atomic E-state index is -4.49. The number of benzene rings is 2. The molecule has 0 fully saturated rings. The summed E-state index contributed by atoms with van der Waals surface area (Å²) in [7, 11) is 4.10. The molecule has 4 rings (SSSR count). The minimum absolute atomic E-state index is 0.155. The fourth-order valence-corrected chi connectivity index (χ4v) is 4.16. The number of nitrogens with zero attached hydrogens (tertiary/aromatic N) is 3. The van der Waals surface area contributed by atoms with Crippen molar-refractivity contribution >= 4 is 22.2 Å². The molecular formula is C27H28F3N3. The molecule has 0 spiro atoms. The van der Waals surface area contributed by atoms with Crippen molar-refractivity contribution in [3.8, 4) is 11.1 Å². The fourth-order valence-electron chi connectivity index (χ4n) is 4.16. The van der Waals surface area contributed by atoms with Crippen molar-refractivity contribution in [1.82, 2.24) is 9.88 Å². The van der Waals surface area contributed by atoms with Crippen molar-refractivity contribution in [2.24, 2.45) is 4.99 Å². The molecule has 2 aromatic carbocycles. The molecule has 1 aliphatic rings. The summed E-state index contributed by atoms with van der Waals surface area (Å²) < 4.78 is 41.4. The topological polar surface area (TPSA) is 28.5 Å². The lowest BCUT2D eigenvalue weighted by Gasteiger charge is -2.22. The summed E-state index contributed by atoms with van der Waals surface area (Å²) in [4.78, 5) is 10.6. The highest BCUT2D eigenvalue weighted by atomic mass is 19.4. The minimum Gasteiger partial charge on any atom is -0.309 e. The van der Waals surface area contributed by atoms with Crippen molar-refractivity contribution < 1.29 is 13.2 Å². The Kier molecular flexibility index (Phi) is 6.66. The average molecular weight is 452 g/mol. The molecule has 6 heteroatoms. The summed E-state index contributed by atoms with van der Waals surface area (Å²) in [6.45, 7) is 2.83. The van der Waals surface area contributed by atoms with E-state index in [1.54, 1.807) is 24.4 Å². The Hall–Kier alpha value is -2.99. The van der Waals surface area contributed by atoms with Gasteiger partial charge in [-0.05, 0) is 73.8 Å². The maximum absolute atomic E-state index is 13.8. The number of aliphatic imine (C=N–C) groups is 1. The van der Waals surface area contributed by atoms with Gasteiger partial charge in [0.25, 0.3) is 0 Å². The molecule has 0 saturated heterocycles. The van der Waals surface area contributed by atoms with Crippen LogP contribution in [-0.2, 0) is 6.42 Å². The molecule has 172 valence electrons. The van der Waals surface area contributed by atoms with E-state index in [1.165, 1.54) is 5.56 Å². The first-order valence-electron chi connectivity index (χ1n) is 11.2. The third-order valence-corrected chi connectivity index (χ3v) is 6.07. The van der Waals surface area contributed by atoms with Gasteiger partial charge in [-0.15, -0.1) is 0 Å². The largest absolute Gasteiger partial charge is 0.433 e. The first-order chi connectivity index (χ1) is 15.8. The molecule has 0 aliphatic carbocycles. The molecule has 0 bridgehead atoms. The van der Waals surface area contributed by atoms with Gasteiger partial charge in [-0.1, -0.05) is 43.3 Å². The van der Waals surface area contributed by atoms with Gasteiger partial charge in [-0.25, -0.2) is 0 Å². The normalized spacial score (nSPS) is 16.8. The Labute approximate surface area is 192 Å². The molecule has 0 N–H and O–H groups in total. The second kappa shape index (κ2) is 9.48. The Morgan fingerprint density at radius 3 is 2.39 bits per heavy atom. The predicted octanol–water partition coefficient (Wildman–Crippen LogP) is 6.57. The van der Waals surface area contributed by atoms with Crippen LogP contribution in [0.5, 0.6) is 0 Å². The molecule has 3 nitrogen and oxygen atoms in total. The quantitative estimate of drug-likeness (QED) is 0.424. The number of hydrogen-bond acceptors (Lipinski definition) is 3. The predicted molar refractivity (Wildman–Crippen MR) is 130 cm³/mol. The summed E-state index contributed by atoms with van der Waals surface area (Å²) in [5.41, 5.74) is 3.86. The van der Waals surface area contributed by atoms with E-state index in [0.29, 0.717) is 18.4 Å². The van der Waals surface area contributed by atoms with Gasteiger partial charge in [0.15, 0.2) is 0 Å². The van der Waals surface area contributed by atoms with Crippen LogP contribution in [0.3, 0.4) is 0 Å². The molecule has 2 heterocycles. The number of rotatable bonds is 6. The zero-order valence-corrected chi connectivity index (χ0v) is 19.2. The van der Waals surface area contributed by atoms with Crippen LogP contribution < -0.4 is 0 Å². The standard InChI is InChI=1S/C27H28F3N3/c1-4-21-10-11-23(26(32-21)27(28,29)30)20-9-12-25-24(17-20)22(13-15-31-25)19-7-5-18(6-8-19)14-16-33(2)3/h5-9,11-13,15,17,21H,4,10,14,16H2,1-3H3. The van der Waals surface area contributed by atoms with Crippen LogP contribution >= 0.6 is 0 Å². The van der Waals surface area contributed by atoms with Crippen molar-refractivity contribution in [3.63, 3.8) is 0 Å². The van der Waals surface area contributed by atoms with E-state index < -0.39 is 11.9 Å². The molecule has 3 aromatic rings. The van der Waals surface area contributed by atoms with E-state index >= 15 is 0 Å². The number of likely N-dealkylation sites (N-methyl/N-ethyl adjacent to an activating group) is 1. The Balaban J connectivity index is 1.73. The molecule has 1 unspecified atom stereocenters. The summed E-state index contributed by atoms with van der Waals surface area (Å²) >= 11 is 0. The van der Waals surface area contributed by atoms with E-state index in [1.807, 2.05) is 33.2 Å². The van der Waals surface area contributed by atoms with Crippen LogP contribution in [0, 0.1) is 0 Å². The SMILES string of the molecule is CCC1CC=C(c2ccc3nccc(-c4ccc(CCN(C)C)cc4)c3c2)C(C(F)(F)F)=N1. The zero-order chi connectivity index (χ0) is 23.6. The number of halogens is 3. The zero-order valence-electron chi connectivity index (χ0n) is 19.2. The van der Waals surface area contributed by atoms with Crippen molar-refractivity contribution in [3.05, 3.63) is 71.9 Å². The van der Waals surface area contributed by atoms with E-state index in [4.69, 9.17) is 0 Å². The van der Waals surface area contributed by atoms with Crippen LogP contribution in [0.15, 0.2) is 65.8 Å². The van der Waals surface area contributed by atoms with Crippen molar-refractivity contribution in [1.29, 1.82) is 0 Å².